The summed E-state index contributed by atoms with van der Waals surface area (Å²) >= 11 is 0. The molecule has 0 fully saturated rings. The molecule has 0 atom stereocenters. The van der Waals surface area contributed by atoms with Crippen molar-refractivity contribution in [3.63, 3.8) is 0 Å². The Labute approximate surface area is 71.3 Å². The molecule has 0 aliphatic heterocycles. The van der Waals surface area contributed by atoms with Crippen LogP contribution in [-0.2, 0) is 16.0 Å². The van der Waals surface area contributed by atoms with Crippen molar-refractivity contribution in [2.75, 3.05) is 6.61 Å². The van der Waals surface area contributed by atoms with Crippen LogP contribution in [0.5, 0.6) is 0 Å². The number of carbonyl (C=O) groups is 1. The molecule has 12 heavy (non-hydrogen) atoms. The first-order chi connectivity index (χ1) is 5.79. The van der Waals surface area contributed by atoms with E-state index in [1.165, 1.54) is 6.92 Å². The van der Waals surface area contributed by atoms with E-state index in [1.54, 1.807) is 6.26 Å². The van der Waals surface area contributed by atoms with Crippen LogP contribution in [0.25, 0.3) is 0 Å². The zero-order chi connectivity index (χ0) is 8.81. The average molecular weight is 168 g/mol. The quantitative estimate of drug-likeness (QED) is 0.508. The zero-order valence-electron chi connectivity index (χ0n) is 7.08. The third-order valence-electron chi connectivity index (χ3n) is 1.45. The van der Waals surface area contributed by atoms with Crippen molar-refractivity contribution in [3.05, 3.63) is 24.2 Å². The molecule has 0 saturated carbocycles. The van der Waals surface area contributed by atoms with E-state index in [-0.39, 0.29) is 5.97 Å². The summed E-state index contributed by atoms with van der Waals surface area (Å²) in [6.45, 7) is 1.88. The topological polar surface area (TPSA) is 39.4 Å². The van der Waals surface area contributed by atoms with Crippen molar-refractivity contribution in [1.29, 1.82) is 0 Å². The number of hydrogen-bond donors (Lipinski definition) is 0. The maximum atomic E-state index is 10.4. The number of furan rings is 1. The second-order valence-electron chi connectivity index (χ2n) is 2.52. The van der Waals surface area contributed by atoms with Gasteiger partial charge in [0.05, 0.1) is 12.9 Å². The lowest BCUT2D eigenvalue weighted by atomic mass is 10.3. The maximum absolute atomic E-state index is 10.4. The molecule has 1 aromatic heterocycles. The molecule has 0 spiro atoms. The minimum atomic E-state index is -0.227. The number of carbonyl (C=O) groups excluding carboxylic acids is 1. The first kappa shape index (κ1) is 8.84. The molecule has 1 aromatic rings. The molecule has 0 aromatic carbocycles. The molecule has 0 aliphatic rings. The first-order valence-corrected chi connectivity index (χ1v) is 3.95. The fourth-order valence-electron chi connectivity index (χ4n) is 0.917. The van der Waals surface area contributed by atoms with Gasteiger partial charge < -0.3 is 9.15 Å². The van der Waals surface area contributed by atoms with Crippen molar-refractivity contribution in [2.24, 2.45) is 0 Å². The van der Waals surface area contributed by atoms with E-state index in [4.69, 9.17) is 9.15 Å². The van der Waals surface area contributed by atoms with Gasteiger partial charge in [0.2, 0.25) is 0 Å². The lowest BCUT2D eigenvalue weighted by molar-refractivity contribution is -0.141. The number of aryl methyl sites for hydroxylation is 1. The van der Waals surface area contributed by atoms with E-state index in [2.05, 4.69) is 0 Å². The zero-order valence-corrected chi connectivity index (χ0v) is 7.08. The van der Waals surface area contributed by atoms with Crippen LogP contribution in [0.3, 0.4) is 0 Å². The van der Waals surface area contributed by atoms with Crippen LogP contribution in [-0.4, -0.2) is 12.6 Å². The third kappa shape index (κ3) is 3.23. The van der Waals surface area contributed by atoms with Crippen molar-refractivity contribution in [2.45, 2.75) is 19.8 Å². The molecule has 1 rings (SSSR count). The molecular weight excluding hydrogens is 156 g/mol. The first-order valence-electron chi connectivity index (χ1n) is 3.95. The number of hydrogen-bond acceptors (Lipinski definition) is 3. The molecule has 0 N–H and O–H groups in total. The Morgan fingerprint density at radius 3 is 3.08 bits per heavy atom. The summed E-state index contributed by atoms with van der Waals surface area (Å²) in [5.74, 6) is 0.705. The molecule has 0 aliphatic carbocycles. The van der Waals surface area contributed by atoms with Crippen LogP contribution in [0, 0.1) is 0 Å². The molecule has 66 valence electrons. The van der Waals surface area contributed by atoms with E-state index >= 15 is 0 Å². The smallest absolute Gasteiger partial charge is 0.302 e. The minimum Gasteiger partial charge on any atom is -0.469 e. The lowest BCUT2D eigenvalue weighted by Crippen LogP contribution is -2.01. The van der Waals surface area contributed by atoms with Crippen molar-refractivity contribution in [1.82, 2.24) is 0 Å². The Morgan fingerprint density at radius 2 is 2.50 bits per heavy atom. The monoisotopic (exact) mass is 168 g/mol. The van der Waals surface area contributed by atoms with Gasteiger partial charge in [-0.05, 0) is 18.6 Å². The predicted molar refractivity (Wildman–Crippen MR) is 43.7 cm³/mol. The summed E-state index contributed by atoms with van der Waals surface area (Å²) in [4.78, 5) is 10.4. The summed E-state index contributed by atoms with van der Waals surface area (Å²) in [7, 11) is 0. The Bertz CT molecular complexity index is 226. The van der Waals surface area contributed by atoms with Crippen LogP contribution < -0.4 is 0 Å². The van der Waals surface area contributed by atoms with E-state index in [0.29, 0.717) is 6.61 Å². The third-order valence-corrected chi connectivity index (χ3v) is 1.45. The molecule has 3 nitrogen and oxygen atoms in total. The fraction of sp³-hybridized carbons (Fsp3) is 0.444. The van der Waals surface area contributed by atoms with Gasteiger partial charge in [0, 0.05) is 13.3 Å². The van der Waals surface area contributed by atoms with Crippen LogP contribution in [0.15, 0.2) is 22.8 Å². The standard InChI is InChI=1S/C9H12O3/c1-8(10)11-6-2-4-9-5-3-7-12-9/h3,5,7H,2,4,6H2,1H3. The van der Waals surface area contributed by atoms with Gasteiger partial charge in [-0.1, -0.05) is 0 Å². The lowest BCUT2D eigenvalue weighted by Gasteiger charge is -1.98. The van der Waals surface area contributed by atoms with Gasteiger partial charge in [-0.2, -0.15) is 0 Å². The van der Waals surface area contributed by atoms with Crippen molar-refractivity contribution >= 4 is 5.97 Å². The number of ether oxygens (including phenoxy) is 1. The predicted octanol–water partition coefficient (Wildman–Crippen LogP) is 1.78. The van der Waals surface area contributed by atoms with Gasteiger partial charge in [-0.25, -0.2) is 0 Å². The molecule has 0 bridgehead atoms. The minimum absolute atomic E-state index is 0.227. The molecular formula is C9H12O3. The van der Waals surface area contributed by atoms with Gasteiger partial charge >= 0.3 is 5.97 Å². The van der Waals surface area contributed by atoms with Gasteiger partial charge in [0.25, 0.3) is 0 Å². The van der Waals surface area contributed by atoms with Crippen molar-refractivity contribution in [3.8, 4) is 0 Å². The molecule has 0 unspecified atom stereocenters. The SMILES string of the molecule is CC(=O)OCCCc1ccco1. The van der Waals surface area contributed by atoms with Crippen LogP contribution in [0.1, 0.15) is 19.1 Å². The maximum Gasteiger partial charge on any atom is 0.302 e. The highest BCUT2D eigenvalue weighted by molar-refractivity contribution is 5.65. The van der Waals surface area contributed by atoms with Gasteiger partial charge in [-0.3, -0.25) is 4.79 Å². The van der Waals surface area contributed by atoms with Crippen LogP contribution >= 0.6 is 0 Å². The highest BCUT2D eigenvalue weighted by Gasteiger charge is 1.96. The van der Waals surface area contributed by atoms with Crippen LogP contribution in [0.2, 0.25) is 0 Å². The van der Waals surface area contributed by atoms with E-state index in [0.717, 1.165) is 18.6 Å². The van der Waals surface area contributed by atoms with Crippen molar-refractivity contribution < 1.29 is 13.9 Å². The summed E-state index contributed by atoms with van der Waals surface area (Å²) in [6.07, 6.45) is 3.27. The van der Waals surface area contributed by atoms with Crippen LogP contribution in [0.4, 0.5) is 0 Å². The summed E-state index contributed by atoms with van der Waals surface area (Å²) < 4.78 is 9.86. The number of esters is 1. The van der Waals surface area contributed by atoms with Gasteiger partial charge in [0.15, 0.2) is 0 Å². The fourth-order valence-corrected chi connectivity index (χ4v) is 0.917. The van der Waals surface area contributed by atoms with E-state index < -0.39 is 0 Å². The van der Waals surface area contributed by atoms with Gasteiger partial charge in [-0.15, -0.1) is 0 Å². The molecule has 0 radical (unpaired) electrons. The summed E-state index contributed by atoms with van der Waals surface area (Å²) in [5.41, 5.74) is 0. The highest BCUT2D eigenvalue weighted by atomic mass is 16.5. The average Bonchev–Trinajstić information content (AvgIpc) is 2.49. The Balaban J connectivity index is 2.07. The molecule has 1 heterocycles. The number of rotatable bonds is 4. The van der Waals surface area contributed by atoms with E-state index in [9.17, 15) is 4.79 Å². The Kier molecular flexibility index (Phi) is 3.38. The van der Waals surface area contributed by atoms with Gasteiger partial charge in [0.1, 0.15) is 5.76 Å². The molecule has 3 heteroatoms. The Hall–Kier alpha value is -1.25. The Morgan fingerprint density at radius 1 is 1.67 bits per heavy atom. The normalized spacial score (nSPS) is 9.75. The summed E-state index contributed by atoms with van der Waals surface area (Å²) in [5, 5.41) is 0. The molecule has 0 amide bonds. The highest BCUT2D eigenvalue weighted by Crippen LogP contribution is 2.03. The second-order valence-corrected chi connectivity index (χ2v) is 2.52. The van der Waals surface area contributed by atoms with E-state index in [1.807, 2.05) is 12.1 Å². The largest absolute Gasteiger partial charge is 0.469 e. The second kappa shape index (κ2) is 4.59. The summed E-state index contributed by atoms with van der Waals surface area (Å²) in [6, 6.07) is 3.76. The molecule has 0 saturated heterocycles.